The number of hydrogen-bond donors (Lipinski definition) is 2. The van der Waals surface area contributed by atoms with Crippen LogP contribution in [-0.2, 0) is 4.79 Å². The Kier molecular flexibility index (Phi) is 4.58. The molecule has 1 fully saturated rings. The summed E-state index contributed by atoms with van der Waals surface area (Å²) in [5, 5.41) is 16.5. The zero-order chi connectivity index (χ0) is 17.2. The molecule has 0 spiro atoms. The molecule has 3 heterocycles. The van der Waals surface area contributed by atoms with Gasteiger partial charge in [-0.3, -0.25) is 9.59 Å². The molecule has 0 aliphatic heterocycles. The summed E-state index contributed by atoms with van der Waals surface area (Å²) in [6.45, 7) is 0. The molecular formula is C16H17N5O2S2. The molecule has 0 aromatic carbocycles. The number of carbonyl (C=O) groups excluding carboxylic acids is 1. The number of amides is 1. The number of fused-ring (bicyclic) bond motifs is 1. The summed E-state index contributed by atoms with van der Waals surface area (Å²) in [4.78, 5) is 25.1. The maximum absolute atomic E-state index is 12.1. The van der Waals surface area contributed by atoms with E-state index in [0.717, 1.165) is 23.4 Å². The summed E-state index contributed by atoms with van der Waals surface area (Å²) in [5.74, 6) is 0.238. The van der Waals surface area contributed by atoms with Gasteiger partial charge in [0.2, 0.25) is 11.1 Å². The lowest BCUT2D eigenvalue weighted by atomic mass is 10.2. The quantitative estimate of drug-likeness (QED) is 0.668. The van der Waals surface area contributed by atoms with Crippen molar-refractivity contribution in [3.8, 4) is 10.6 Å². The third kappa shape index (κ3) is 3.47. The van der Waals surface area contributed by atoms with E-state index in [1.54, 1.807) is 17.4 Å². The molecule has 0 bridgehead atoms. The number of aromatic amines is 1. The van der Waals surface area contributed by atoms with Gasteiger partial charge in [0, 0.05) is 6.04 Å². The Hall–Kier alpha value is -2.13. The lowest BCUT2D eigenvalue weighted by molar-refractivity contribution is -0.119. The molecule has 1 aliphatic rings. The zero-order valence-electron chi connectivity index (χ0n) is 13.4. The van der Waals surface area contributed by atoms with Gasteiger partial charge in [-0.25, -0.2) is 9.61 Å². The minimum Gasteiger partial charge on any atom is -0.353 e. The molecule has 0 radical (unpaired) electrons. The van der Waals surface area contributed by atoms with Gasteiger partial charge in [-0.15, -0.1) is 16.4 Å². The number of thioether (sulfide) groups is 1. The number of nitrogens with zero attached hydrogens (tertiary/aromatic N) is 3. The number of carbonyl (C=O) groups is 1. The molecule has 1 aliphatic carbocycles. The van der Waals surface area contributed by atoms with Crippen LogP contribution < -0.4 is 10.9 Å². The van der Waals surface area contributed by atoms with Crippen LogP contribution in [0.25, 0.3) is 16.1 Å². The largest absolute Gasteiger partial charge is 0.353 e. The normalized spacial score (nSPS) is 15.0. The van der Waals surface area contributed by atoms with Crippen LogP contribution >= 0.6 is 23.1 Å². The predicted octanol–water partition coefficient (Wildman–Crippen LogP) is 2.30. The highest BCUT2D eigenvalue weighted by Crippen LogP contribution is 2.25. The van der Waals surface area contributed by atoms with Crippen molar-refractivity contribution in [1.29, 1.82) is 0 Å². The lowest BCUT2D eigenvalue weighted by Crippen LogP contribution is -2.34. The summed E-state index contributed by atoms with van der Waals surface area (Å²) in [5.41, 5.74) is 0.859. The second kappa shape index (κ2) is 7.01. The van der Waals surface area contributed by atoms with Crippen molar-refractivity contribution in [2.75, 3.05) is 5.75 Å². The first-order valence-corrected chi connectivity index (χ1v) is 10.0. The van der Waals surface area contributed by atoms with Gasteiger partial charge in [-0.05, 0) is 30.4 Å². The molecule has 0 unspecified atom stereocenters. The average molecular weight is 375 g/mol. The number of H-pyrrole nitrogens is 1. The van der Waals surface area contributed by atoms with Crippen molar-refractivity contribution in [2.24, 2.45) is 0 Å². The molecule has 4 rings (SSSR count). The highest BCUT2D eigenvalue weighted by atomic mass is 32.2. The summed E-state index contributed by atoms with van der Waals surface area (Å²) in [6.07, 6.45) is 4.47. The fourth-order valence-electron chi connectivity index (χ4n) is 3.00. The Morgan fingerprint density at radius 3 is 3.04 bits per heavy atom. The van der Waals surface area contributed by atoms with E-state index in [1.807, 2.05) is 17.5 Å². The summed E-state index contributed by atoms with van der Waals surface area (Å²) < 4.78 is 1.52. The topological polar surface area (TPSA) is 92.2 Å². The fourth-order valence-corrected chi connectivity index (χ4v) is 4.40. The first-order valence-electron chi connectivity index (χ1n) is 8.15. The van der Waals surface area contributed by atoms with Crippen LogP contribution in [-0.4, -0.2) is 37.5 Å². The van der Waals surface area contributed by atoms with Gasteiger partial charge in [0.05, 0.1) is 10.6 Å². The van der Waals surface area contributed by atoms with Crippen LogP contribution in [0.3, 0.4) is 0 Å². The van der Waals surface area contributed by atoms with Gasteiger partial charge in [-0.1, -0.05) is 30.7 Å². The van der Waals surface area contributed by atoms with Crippen molar-refractivity contribution in [3.63, 3.8) is 0 Å². The molecule has 0 saturated heterocycles. The lowest BCUT2D eigenvalue weighted by Gasteiger charge is -2.11. The van der Waals surface area contributed by atoms with Gasteiger partial charge in [0.25, 0.3) is 5.56 Å². The number of hydrogen-bond acceptors (Lipinski definition) is 6. The molecule has 1 saturated carbocycles. The van der Waals surface area contributed by atoms with Crippen molar-refractivity contribution in [3.05, 3.63) is 33.9 Å². The van der Waals surface area contributed by atoms with E-state index in [1.165, 1.54) is 29.1 Å². The van der Waals surface area contributed by atoms with Gasteiger partial charge in [-0.2, -0.15) is 5.10 Å². The van der Waals surface area contributed by atoms with Crippen molar-refractivity contribution in [1.82, 2.24) is 25.1 Å². The smallest absolute Gasteiger partial charge is 0.290 e. The SMILES string of the molecule is O=C(CSc1n[nH]c(=O)c2cc(-c3cccs3)nn12)NC1CCCC1. The Labute approximate surface area is 151 Å². The maximum atomic E-state index is 12.1. The summed E-state index contributed by atoms with van der Waals surface area (Å²) in [7, 11) is 0. The van der Waals surface area contributed by atoms with E-state index >= 15 is 0 Å². The van der Waals surface area contributed by atoms with E-state index in [9.17, 15) is 9.59 Å². The highest BCUT2D eigenvalue weighted by molar-refractivity contribution is 7.99. The van der Waals surface area contributed by atoms with Crippen LogP contribution in [0, 0.1) is 0 Å². The molecule has 3 aromatic rings. The molecule has 0 atom stereocenters. The first-order chi connectivity index (χ1) is 12.2. The van der Waals surface area contributed by atoms with Crippen LogP contribution in [0.4, 0.5) is 0 Å². The standard InChI is InChI=1S/C16H17N5O2S2/c22-14(17-10-4-1-2-5-10)9-25-16-19-18-15(23)12-8-11(20-21(12)16)13-6-3-7-24-13/h3,6-8,10H,1-2,4-5,9H2,(H,17,22)(H,18,23). The van der Waals surface area contributed by atoms with Crippen molar-refractivity contribution < 1.29 is 4.79 Å². The van der Waals surface area contributed by atoms with Crippen LogP contribution in [0.2, 0.25) is 0 Å². The molecule has 25 heavy (non-hydrogen) atoms. The molecule has 2 N–H and O–H groups in total. The molecule has 9 heteroatoms. The second-order valence-electron chi connectivity index (χ2n) is 5.98. The van der Waals surface area contributed by atoms with Crippen LogP contribution in [0.1, 0.15) is 25.7 Å². The molecule has 7 nitrogen and oxygen atoms in total. The maximum Gasteiger partial charge on any atom is 0.290 e. The van der Waals surface area contributed by atoms with Gasteiger partial charge >= 0.3 is 0 Å². The highest BCUT2D eigenvalue weighted by Gasteiger charge is 2.18. The van der Waals surface area contributed by atoms with Crippen molar-refractivity contribution >= 4 is 34.5 Å². The molecular weight excluding hydrogens is 358 g/mol. The van der Waals surface area contributed by atoms with Crippen molar-refractivity contribution in [2.45, 2.75) is 36.9 Å². The number of thiophene rings is 1. The first kappa shape index (κ1) is 16.3. The van der Waals surface area contributed by atoms with E-state index in [-0.39, 0.29) is 17.2 Å². The fraction of sp³-hybridized carbons (Fsp3) is 0.375. The number of aromatic nitrogens is 4. The van der Waals surface area contributed by atoms with E-state index in [2.05, 4.69) is 20.6 Å². The Bertz CT molecular complexity index is 941. The number of nitrogens with one attached hydrogen (secondary N) is 2. The third-order valence-electron chi connectivity index (χ3n) is 4.20. The van der Waals surface area contributed by atoms with E-state index < -0.39 is 0 Å². The van der Waals surface area contributed by atoms with Gasteiger partial charge < -0.3 is 5.32 Å². The minimum atomic E-state index is -0.296. The third-order valence-corrected chi connectivity index (χ3v) is 6.02. The minimum absolute atomic E-state index is 0.0105. The zero-order valence-corrected chi connectivity index (χ0v) is 15.0. The summed E-state index contributed by atoms with van der Waals surface area (Å²) in [6, 6.07) is 5.94. The van der Waals surface area contributed by atoms with Crippen LogP contribution in [0.15, 0.2) is 33.5 Å². The Morgan fingerprint density at radius 1 is 1.44 bits per heavy atom. The Morgan fingerprint density at radius 2 is 2.28 bits per heavy atom. The average Bonchev–Trinajstić information content (AvgIpc) is 3.34. The van der Waals surface area contributed by atoms with Gasteiger partial charge in [0.15, 0.2) is 0 Å². The van der Waals surface area contributed by atoms with Gasteiger partial charge in [0.1, 0.15) is 11.2 Å². The summed E-state index contributed by atoms with van der Waals surface area (Å²) >= 11 is 2.83. The second-order valence-corrected chi connectivity index (χ2v) is 7.87. The Balaban J connectivity index is 1.54. The van der Waals surface area contributed by atoms with E-state index in [4.69, 9.17) is 0 Å². The monoisotopic (exact) mass is 375 g/mol. The van der Waals surface area contributed by atoms with Crippen LogP contribution in [0.5, 0.6) is 0 Å². The van der Waals surface area contributed by atoms with E-state index in [0.29, 0.717) is 16.7 Å². The molecule has 130 valence electrons. The predicted molar refractivity (Wildman–Crippen MR) is 98.0 cm³/mol. The number of rotatable bonds is 5. The molecule has 3 aromatic heterocycles. The molecule has 1 amide bonds.